The third-order valence-corrected chi connectivity index (χ3v) is 4.51. The Hall–Kier alpha value is -3.11. The fourth-order valence-electron chi connectivity index (χ4n) is 3.03. The second-order valence-electron chi connectivity index (χ2n) is 5.90. The minimum absolute atomic E-state index is 0.138. The van der Waals surface area contributed by atoms with E-state index in [1.54, 1.807) is 31.6 Å². The van der Waals surface area contributed by atoms with Crippen LogP contribution in [0.3, 0.4) is 0 Å². The molecule has 0 atom stereocenters. The van der Waals surface area contributed by atoms with Gasteiger partial charge in [-0.05, 0) is 48.0 Å². The molecular formula is C21H15ClN2O2. The van der Waals surface area contributed by atoms with Gasteiger partial charge in [-0.15, -0.1) is 0 Å². The Bertz CT molecular complexity index is 1030. The number of hydrogen-bond donors (Lipinski definition) is 1. The zero-order valence-corrected chi connectivity index (χ0v) is 14.7. The van der Waals surface area contributed by atoms with Crippen molar-refractivity contribution in [2.45, 2.75) is 0 Å². The molecule has 128 valence electrons. The highest BCUT2D eigenvalue weighted by atomic mass is 35.5. The van der Waals surface area contributed by atoms with Crippen molar-refractivity contribution in [2.75, 3.05) is 12.4 Å². The molecule has 1 N–H and O–H groups in total. The van der Waals surface area contributed by atoms with E-state index in [0.717, 1.165) is 33.7 Å². The van der Waals surface area contributed by atoms with Crippen LogP contribution in [-0.4, -0.2) is 18.0 Å². The fourth-order valence-corrected chi connectivity index (χ4v) is 3.21. The topological polar surface area (TPSA) is 51.2 Å². The maximum Gasteiger partial charge on any atom is 0.256 e. The fraction of sp³-hybridized carbons (Fsp3) is 0.0476. The van der Waals surface area contributed by atoms with Gasteiger partial charge in [-0.25, -0.2) is 0 Å². The Kier molecular flexibility index (Phi) is 4.19. The Morgan fingerprint density at radius 1 is 1.12 bits per heavy atom. The molecule has 1 aliphatic rings. The molecule has 1 amide bonds. The number of carbonyl (C=O) groups is 1. The van der Waals surface area contributed by atoms with Crippen molar-refractivity contribution < 1.29 is 9.53 Å². The van der Waals surface area contributed by atoms with Crippen molar-refractivity contribution in [2.24, 2.45) is 0 Å². The monoisotopic (exact) mass is 362 g/mol. The average Bonchev–Trinajstić information content (AvgIpc) is 2.97. The van der Waals surface area contributed by atoms with E-state index in [4.69, 9.17) is 16.3 Å². The summed E-state index contributed by atoms with van der Waals surface area (Å²) in [6.07, 6.45) is 5.37. The number of aromatic nitrogens is 1. The Labute approximate surface area is 156 Å². The molecule has 2 aromatic carbocycles. The van der Waals surface area contributed by atoms with Crippen LogP contribution in [-0.2, 0) is 4.79 Å². The smallest absolute Gasteiger partial charge is 0.256 e. The second kappa shape index (κ2) is 6.65. The van der Waals surface area contributed by atoms with Gasteiger partial charge in [0, 0.05) is 45.4 Å². The first-order valence-electron chi connectivity index (χ1n) is 8.07. The lowest BCUT2D eigenvalue weighted by atomic mass is 10.00. The van der Waals surface area contributed by atoms with Crippen LogP contribution >= 0.6 is 11.6 Å². The summed E-state index contributed by atoms with van der Waals surface area (Å²) in [5.74, 6) is 0.612. The highest BCUT2D eigenvalue weighted by Gasteiger charge is 2.24. The molecule has 1 aliphatic heterocycles. The van der Waals surface area contributed by atoms with E-state index in [-0.39, 0.29) is 5.91 Å². The number of benzene rings is 2. The van der Waals surface area contributed by atoms with Gasteiger partial charge in [0.05, 0.1) is 7.11 Å². The van der Waals surface area contributed by atoms with Crippen molar-refractivity contribution in [3.8, 4) is 16.9 Å². The molecule has 3 aromatic rings. The molecule has 4 rings (SSSR count). The Morgan fingerprint density at radius 3 is 2.77 bits per heavy atom. The lowest BCUT2D eigenvalue weighted by molar-refractivity contribution is -0.110. The normalized spacial score (nSPS) is 14.2. The zero-order valence-electron chi connectivity index (χ0n) is 14.0. The van der Waals surface area contributed by atoms with Gasteiger partial charge < -0.3 is 10.1 Å². The van der Waals surface area contributed by atoms with Crippen molar-refractivity contribution >= 4 is 34.8 Å². The molecule has 4 nitrogen and oxygen atoms in total. The standard InChI is InChI=1S/C21H15ClN2O2/c1-26-20-7-4-13(9-16(20)14-3-2-8-23-12-14)10-18-17-11-15(22)5-6-19(17)24-21(18)25/h2-12H,1H3,(H,24,25)/b18-10+. The number of ether oxygens (including phenoxy) is 1. The number of rotatable bonds is 3. The van der Waals surface area contributed by atoms with Gasteiger partial charge in [0.15, 0.2) is 0 Å². The summed E-state index contributed by atoms with van der Waals surface area (Å²) in [5.41, 5.74) is 4.92. The Balaban J connectivity index is 1.82. The predicted molar refractivity (Wildman–Crippen MR) is 104 cm³/mol. The van der Waals surface area contributed by atoms with Crippen LogP contribution in [0.4, 0.5) is 5.69 Å². The SMILES string of the molecule is COc1ccc(/C=C2/C(=O)Nc3ccc(Cl)cc32)cc1-c1cccnc1. The van der Waals surface area contributed by atoms with Gasteiger partial charge in [-0.1, -0.05) is 23.7 Å². The number of pyridine rings is 1. The highest BCUT2D eigenvalue weighted by molar-refractivity contribution is 6.36. The van der Waals surface area contributed by atoms with E-state index in [0.29, 0.717) is 10.6 Å². The molecule has 0 saturated heterocycles. The van der Waals surface area contributed by atoms with Crippen molar-refractivity contribution in [1.82, 2.24) is 4.98 Å². The number of methoxy groups -OCH3 is 1. The van der Waals surface area contributed by atoms with Crippen molar-refractivity contribution in [3.63, 3.8) is 0 Å². The summed E-state index contributed by atoms with van der Waals surface area (Å²) in [7, 11) is 1.63. The molecule has 0 radical (unpaired) electrons. The number of halogens is 1. The third kappa shape index (κ3) is 2.95. The molecule has 0 saturated carbocycles. The van der Waals surface area contributed by atoms with E-state index in [1.807, 2.05) is 42.5 Å². The maximum absolute atomic E-state index is 12.4. The van der Waals surface area contributed by atoms with Gasteiger partial charge in [0.2, 0.25) is 0 Å². The van der Waals surface area contributed by atoms with Crippen LogP contribution in [0.1, 0.15) is 11.1 Å². The number of amides is 1. The third-order valence-electron chi connectivity index (χ3n) is 4.27. The second-order valence-corrected chi connectivity index (χ2v) is 6.34. The van der Waals surface area contributed by atoms with Crippen LogP contribution < -0.4 is 10.1 Å². The van der Waals surface area contributed by atoms with Crippen LogP contribution in [0.25, 0.3) is 22.8 Å². The quantitative estimate of drug-likeness (QED) is 0.674. The van der Waals surface area contributed by atoms with E-state index >= 15 is 0 Å². The molecular weight excluding hydrogens is 348 g/mol. The molecule has 0 unspecified atom stereocenters. The first kappa shape index (κ1) is 16.4. The molecule has 2 heterocycles. The molecule has 26 heavy (non-hydrogen) atoms. The zero-order chi connectivity index (χ0) is 18.1. The number of nitrogens with zero attached hydrogens (tertiary/aromatic N) is 1. The van der Waals surface area contributed by atoms with Crippen LogP contribution in [0.5, 0.6) is 5.75 Å². The van der Waals surface area contributed by atoms with Gasteiger partial charge in [-0.3, -0.25) is 9.78 Å². The minimum atomic E-state index is -0.138. The average molecular weight is 363 g/mol. The number of carbonyl (C=O) groups excluding carboxylic acids is 1. The Morgan fingerprint density at radius 2 is 2.00 bits per heavy atom. The first-order valence-corrected chi connectivity index (χ1v) is 8.45. The molecule has 0 spiro atoms. The molecule has 5 heteroatoms. The predicted octanol–water partition coefficient (Wildman–Crippen LogP) is 4.90. The van der Waals surface area contributed by atoms with Crippen molar-refractivity contribution in [1.29, 1.82) is 0 Å². The first-order chi connectivity index (χ1) is 12.7. The van der Waals surface area contributed by atoms with E-state index in [1.165, 1.54) is 0 Å². The lowest BCUT2D eigenvalue weighted by Crippen LogP contribution is -2.03. The van der Waals surface area contributed by atoms with Crippen LogP contribution in [0, 0.1) is 0 Å². The summed E-state index contributed by atoms with van der Waals surface area (Å²) in [5, 5.41) is 3.46. The summed E-state index contributed by atoms with van der Waals surface area (Å²) in [6.45, 7) is 0. The molecule has 0 aliphatic carbocycles. The number of hydrogen-bond acceptors (Lipinski definition) is 3. The summed E-state index contributed by atoms with van der Waals surface area (Å²) in [4.78, 5) is 16.5. The lowest BCUT2D eigenvalue weighted by Gasteiger charge is -2.10. The summed E-state index contributed by atoms with van der Waals surface area (Å²) < 4.78 is 5.47. The number of anilines is 1. The van der Waals surface area contributed by atoms with Crippen LogP contribution in [0.2, 0.25) is 5.02 Å². The summed E-state index contributed by atoms with van der Waals surface area (Å²) >= 11 is 6.09. The van der Waals surface area contributed by atoms with Gasteiger partial charge in [-0.2, -0.15) is 0 Å². The van der Waals surface area contributed by atoms with Crippen LogP contribution in [0.15, 0.2) is 60.9 Å². The number of nitrogens with one attached hydrogen (secondary N) is 1. The molecule has 0 fully saturated rings. The van der Waals surface area contributed by atoms with E-state index in [9.17, 15) is 4.79 Å². The maximum atomic E-state index is 12.4. The van der Waals surface area contributed by atoms with Gasteiger partial charge in [0.1, 0.15) is 5.75 Å². The van der Waals surface area contributed by atoms with Gasteiger partial charge in [0.25, 0.3) is 5.91 Å². The van der Waals surface area contributed by atoms with Gasteiger partial charge >= 0.3 is 0 Å². The van der Waals surface area contributed by atoms with E-state index < -0.39 is 0 Å². The molecule has 1 aromatic heterocycles. The van der Waals surface area contributed by atoms with Crippen molar-refractivity contribution in [3.05, 3.63) is 77.1 Å². The largest absolute Gasteiger partial charge is 0.496 e. The summed E-state index contributed by atoms with van der Waals surface area (Å²) in [6, 6.07) is 15.0. The number of fused-ring (bicyclic) bond motifs is 1. The minimum Gasteiger partial charge on any atom is -0.496 e. The van der Waals surface area contributed by atoms with E-state index in [2.05, 4.69) is 10.3 Å². The highest BCUT2D eigenvalue weighted by Crippen LogP contribution is 2.36. The molecule has 0 bridgehead atoms.